The van der Waals surface area contributed by atoms with Crippen molar-refractivity contribution >= 4 is 5.91 Å². The van der Waals surface area contributed by atoms with Crippen molar-refractivity contribution in [2.45, 2.75) is 37.5 Å². The zero-order chi connectivity index (χ0) is 12.9. The third-order valence-electron chi connectivity index (χ3n) is 4.78. The number of nitrogens with zero attached hydrogens (tertiary/aromatic N) is 1. The number of carbonyl (C=O) groups excluding carboxylic acids is 1. The molecule has 2 unspecified atom stereocenters. The maximum absolute atomic E-state index is 12.3. The Morgan fingerprint density at radius 3 is 2.89 bits per heavy atom. The molecule has 1 saturated carbocycles. The highest BCUT2D eigenvalue weighted by Gasteiger charge is 2.61. The van der Waals surface area contributed by atoms with E-state index in [0.717, 1.165) is 31.4 Å². The van der Waals surface area contributed by atoms with E-state index in [-0.39, 0.29) is 23.4 Å². The second-order valence-corrected chi connectivity index (χ2v) is 5.92. The molecule has 0 aromatic heterocycles. The lowest BCUT2D eigenvalue weighted by Gasteiger charge is -2.30. The highest BCUT2D eigenvalue weighted by molar-refractivity contribution is 5.81. The second-order valence-electron chi connectivity index (χ2n) is 5.92. The van der Waals surface area contributed by atoms with Crippen LogP contribution >= 0.6 is 0 Å². The minimum absolute atomic E-state index is 0.166. The molecule has 1 aromatic rings. The first-order valence-electron chi connectivity index (χ1n) is 7.03. The molecule has 2 bridgehead atoms. The first-order chi connectivity index (χ1) is 9.28. The summed E-state index contributed by atoms with van der Waals surface area (Å²) in [5.74, 6) is 0.375. The van der Waals surface area contributed by atoms with E-state index in [9.17, 15) is 4.79 Å². The average Bonchev–Trinajstić information content (AvgIpc) is 3.17. The molecular formula is C15H18N2O2. The molecule has 0 radical (unpaired) electrons. The van der Waals surface area contributed by atoms with Gasteiger partial charge in [-0.2, -0.15) is 0 Å². The maximum atomic E-state index is 12.3. The molecule has 3 fully saturated rings. The van der Waals surface area contributed by atoms with Crippen LogP contribution in [0.15, 0.2) is 30.3 Å². The second kappa shape index (κ2) is 4.05. The maximum Gasteiger partial charge on any atom is 0.249 e. The van der Waals surface area contributed by atoms with Gasteiger partial charge in [0.05, 0.1) is 11.6 Å². The summed E-state index contributed by atoms with van der Waals surface area (Å²) in [6.07, 6.45) is 3.08. The van der Waals surface area contributed by atoms with Gasteiger partial charge < -0.3 is 5.32 Å². The molecule has 100 valence electrons. The Labute approximate surface area is 112 Å². The van der Waals surface area contributed by atoms with E-state index >= 15 is 0 Å². The molecule has 4 heteroatoms. The van der Waals surface area contributed by atoms with Crippen LogP contribution in [0, 0.1) is 5.92 Å². The third kappa shape index (κ3) is 1.78. The molecule has 2 aliphatic heterocycles. The molecule has 1 spiro atoms. The summed E-state index contributed by atoms with van der Waals surface area (Å²) in [4.78, 5) is 18.1. The lowest BCUT2D eigenvalue weighted by molar-refractivity contribution is -0.198. The molecule has 4 rings (SSSR count). The van der Waals surface area contributed by atoms with Crippen molar-refractivity contribution in [3.05, 3.63) is 35.9 Å². The molecule has 19 heavy (non-hydrogen) atoms. The Hall–Kier alpha value is -1.39. The number of fused-ring (bicyclic) bond motifs is 3. The van der Waals surface area contributed by atoms with E-state index < -0.39 is 0 Å². The Bertz CT molecular complexity index is 498. The van der Waals surface area contributed by atoms with Crippen LogP contribution in [0.25, 0.3) is 0 Å². The quantitative estimate of drug-likeness (QED) is 0.835. The molecule has 2 heterocycles. The van der Waals surface area contributed by atoms with Gasteiger partial charge in [-0.3, -0.25) is 9.63 Å². The summed E-state index contributed by atoms with van der Waals surface area (Å²) in [7, 11) is 0. The number of amides is 1. The Morgan fingerprint density at radius 2 is 2.16 bits per heavy atom. The number of nitrogens with one attached hydrogen (secondary N) is 1. The van der Waals surface area contributed by atoms with Crippen LogP contribution in [0.4, 0.5) is 0 Å². The van der Waals surface area contributed by atoms with E-state index in [1.807, 2.05) is 30.3 Å². The Balaban J connectivity index is 1.49. The summed E-state index contributed by atoms with van der Waals surface area (Å²) in [5.41, 5.74) is 1.27. The molecule has 1 aliphatic carbocycles. The van der Waals surface area contributed by atoms with Gasteiger partial charge in [-0.05, 0) is 24.8 Å². The fourth-order valence-corrected chi connectivity index (χ4v) is 3.49. The van der Waals surface area contributed by atoms with Crippen LogP contribution in [-0.4, -0.2) is 29.1 Å². The summed E-state index contributed by atoms with van der Waals surface area (Å²) >= 11 is 0. The Kier molecular flexibility index (Phi) is 2.44. The zero-order valence-corrected chi connectivity index (χ0v) is 10.8. The highest BCUT2D eigenvalue weighted by Crippen LogP contribution is 2.46. The van der Waals surface area contributed by atoms with Crippen LogP contribution in [0.1, 0.15) is 24.8 Å². The molecule has 4 nitrogen and oxygen atoms in total. The van der Waals surface area contributed by atoms with Crippen LogP contribution < -0.4 is 5.32 Å². The van der Waals surface area contributed by atoms with Crippen molar-refractivity contribution in [3.63, 3.8) is 0 Å². The lowest BCUT2D eigenvalue weighted by atomic mass is 9.81. The smallest absolute Gasteiger partial charge is 0.249 e. The fraction of sp³-hybridized carbons (Fsp3) is 0.533. The molecule has 3 aliphatic rings. The van der Waals surface area contributed by atoms with E-state index in [4.69, 9.17) is 4.84 Å². The SMILES string of the molecule is O=C1C2CCC3(CN3)[C@H](C2)N1OCc1ccccc1. The van der Waals surface area contributed by atoms with Gasteiger partial charge in [-0.25, -0.2) is 5.06 Å². The van der Waals surface area contributed by atoms with Gasteiger partial charge in [0.15, 0.2) is 0 Å². The number of hydrogen-bond acceptors (Lipinski definition) is 3. The summed E-state index contributed by atoms with van der Waals surface area (Å²) in [5, 5.41) is 5.12. The van der Waals surface area contributed by atoms with Gasteiger partial charge in [-0.15, -0.1) is 0 Å². The normalized spacial score (nSPS) is 36.0. The van der Waals surface area contributed by atoms with Gasteiger partial charge in [0.25, 0.3) is 0 Å². The number of hydrogen-bond donors (Lipinski definition) is 1. The standard InChI is InChI=1S/C15H18N2O2/c18-14-12-6-7-15(10-16-15)13(8-12)17(14)19-9-11-4-2-1-3-5-11/h1-5,12-13,16H,6-10H2/t12?,13-,15?/m0/s1. The molecule has 2 saturated heterocycles. The minimum Gasteiger partial charge on any atom is -0.306 e. The predicted molar refractivity (Wildman–Crippen MR) is 69.9 cm³/mol. The van der Waals surface area contributed by atoms with Crippen LogP contribution in [0.2, 0.25) is 0 Å². The Morgan fingerprint density at radius 1 is 1.37 bits per heavy atom. The van der Waals surface area contributed by atoms with Crippen molar-refractivity contribution in [1.82, 2.24) is 10.4 Å². The molecule has 1 N–H and O–H groups in total. The van der Waals surface area contributed by atoms with Gasteiger partial charge in [0.2, 0.25) is 5.91 Å². The first-order valence-corrected chi connectivity index (χ1v) is 7.03. The summed E-state index contributed by atoms with van der Waals surface area (Å²) in [6.45, 7) is 1.51. The van der Waals surface area contributed by atoms with Crippen molar-refractivity contribution < 1.29 is 9.63 Å². The highest BCUT2D eigenvalue weighted by atomic mass is 16.7. The van der Waals surface area contributed by atoms with E-state index in [0.29, 0.717) is 6.61 Å². The number of rotatable bonds is 3. The molecule has 3 atom stereocenters. The van der Waals surface area contributed by atoms with Crippen molar-refractivity contribution in [3.8, 4) is 0 Å². The lowest BCUT2D eigenvalue weighted by Crippen LogP contribution is -2.44. The summed E-state index contributed by atoms with van der Waals surface area (Å²) in [6, 6.07) is 10.3. The fourth-order valence-electron chi connectivity index (χ4n) is 3.49. The van der Waals surface area contributed by atoms with Gasteiger partial charge >= 0.3 is 0 Å². The molecular weight excluding hydrogens is 240 g/mol. The third-order valence-corrected chi connectivity index (χ3v) is 4.78. The average molecular weight is 258 g/mol. The minimum atomic E-state index is 0.166. The monoisotopic (exact) mass is 258 g/mol. The van der Waals surface area contributed by atoms with Crippen LogP contribution in [0.3, 0.4) is 0 Å². The van der Waals surface area contributed by atoms with Gasteiger partial charge in [0.1, 0.15) is 6.61 Å². The van der Waals surface area contributed by atoms with Crippen LogP contribution in [-0.2, 0) is 16.2 Å². The topological polar surface area (TPSA) is 51.5 Å². The van der Waals surface area contributed by atoms with Crippen molar-refractivity contribution in [2.24, 2.45) is 5.92 Å². The van der Waals surface area contributed by atoms with E-state index in [1.165, 1.54) is 0 Å². The van der Waals surface area contributed by atoms with E-state index in [2.05, 4.69) is 5.32 Å². The van der Waals surface area contributed by atoms with E-state index in [1.54, 1.807) is 5.06 Å². The summed E-state index contributed by atoms with van der Waals surface area (Å²) < 4.78 is 0. The molecule has 1 aromatic carbocycles. The van der Waals surface area contributed by atoms with Crippen LogP contribution in [0.5, 0.6) is 0 Å². The van der Waals surface area contributed by atoms with Crippen molar-refractivity contribution in [1.29, 1.82) is 0 Å². The largest absolute Gasteiger partial charge is 0.306 e. The molecule has 1 amide bonds. The van der Waals surface area contributed by atoms with Gasteiger partial charge in [0, 0.05) is 12.5 Å². The zero-order valence-electron chi connectivity index (χ0n) is 10.8. The van der Waals surface area contributed by atoms with Gasteiger partial charge in [-0.1, -0.05) is 30.3 Å². The number of hydroxylamine groups is 2. The first kappa shape index (κ1) is 11.4. The predicted octanol–water partition coefficient (Wildman–Crippen LogP) is 1.47. The number of benzene rings is 1. The number of carbonyl (C=O) groups is 1. The van der Waals surface area contributed by atoms with Crippen molar-refractivity contribution in [2.75, 3.05) is 6.54 Å².